The second-order valence-electron chi connectivity index (χ2n) is 11.8. The summed E-state index contributed by atoms with van der Waals surface area (Å²) in [5.74, 6) is 0. The summed E-state index contributed by atoms with van der Waals surface area (Å²) in [6.45, 7) is 0. The molecule has 0 saturated carbocycles. The Morgan fingerprint density at radius 1 is 0.304 bits per heavy atom. The average molecular weight is 604 g/mol. The molecule has 0 saturated heterocycles. The van der Waals surface area contributed by atoms with E-state index in [1.165, 1.54) is 64.0 Å². The van der Waals surface area contributed by atoms with Crippen LogP contribution in [0.25, 0.3) is 64.0 Å². The van der Waals surface area contributed by atoms with Gasteiger partial charge in [0.25, 0.3) is 0 Å². The summed E-state index contributed by atoms with van der Waals surface area (Å²) in [5, 5.41) is 7.58. The summed E-state index contributed by atoms with van der Waals surface area (Å²) in [4.78, 5) is 2.37. The molecule has 8 aromatic carbocycles. The van der Waals surface area contributed by atoms with Crippen LogP contribution in [0, 0.1) is 0 Å². The Morgan fingerprint density at radius 3 is 1.54 bits per heavy atom. The zero-order valence-electron chi connectivity index (χ0n) is 25.1. The fourth-order valence-electron chi connectivity index (χ4n) is 6.67. The van der Waals surface area contributed by atoms with Crippen molar-refractivity contribution < 1.29 is 0 Å². The van der Waals surface area contributed by atoms with Gasteiger partial charge in [-0.25, -0.2) is 0 Å². The molecule has 0 aliphatic rings. The highest BCUT2D eigenvalue weighted by atomic mass is 32.1. The van der Waals surface area contributed by atoms with Gasteiger partial charge in [0.15, 0.2) is 0 Å². The number of nitrogens with zero attached hydrogens (tertiary/aromatic N) is 1. The van der Waals surface area contributed by atoms with E-state index >= 15 is 0 Å². The van der Waals surface area contributed by atoms with Gasteiger partial charge in [0.1, 0.15) is 0 Å². The molecule has 9 rings (SSSR count). The maximum absolute atomic E-state index is 2.37. The highest BCUT2D eigenvalue weighted by Gasteiger charge is 2.15. The zero-order chi connectivity index (χ0) is 30.5. The first-order chi connectivity index (χ1) is 22.8. The van der Waals surface area contributed by atoms with E-state index in [0.29, 0.717) is 0 Å². The first-order valence-electron chi connectivity index (χ1n) is 15.7. The summed E-state index contributed by atoms with van der Waals surface area (Å²) >= 11 is 1.86. The van der Waals surface area contributed by atoms with Crippen molar-refractivity contribution in [2.75, 3.05) is 4.90 Å². The molecule has 0 atom stereocenters. The third-order valence-electron chi connectivity index (χ3n) is 9.00. The Labute approximate surface area is 272 Å². The van der Waals surface area contributed by atoms with Crippen LogP contribution in [-0.2, 0) is 0 Å². The van der Waals surface area contributed by atoms with Crippen molar-refractivity contribution in [3.8, 4) is 22.3 Å². The second kappa shape index (κ2) is 11.0. The lowest BCUT2D eigenvalue weighted by Gasteiger charge is -2.26. The molecule has 2 heteroatoms. The highest BCUT2D eigenvalue weighted by molar-refractivity contribution is 7.25. The van der Waals surface area contributed by atoms with Gasteiger partial charge in [-0.15, -0.1) is 11.3 Å². The third-order valence-corrected chi connectivity index (χ3v) is 10.1. The molecule has 0 radical (unpaired) electrons. The van der Waals surface area contributed by atoms with Gasteiger partial charge in [0.05, 0.1) is 0 Å². The van der Waals surface area contributed by atoms with E-state index in [-0.39, 0.29) is 0 Å². The molecule has 1 aromatic heterocycles. The van der Waals surface area contributed by atoms with Crippen LogP contribution >= 0.6 is 11.3 Å². The molecule has 1 nitrogen and oxygen atoms in total. The molecule has 0 aliphatic carbocycles. The predicted molar refractivity (Wildman–Crippen MR) is 200 cm³/mol. The molecule has 216 valence electrons. The summed E-state index contributed by atoms with van der Waals surface area (Å²) < 4.78 is 2.62. The van der Waals surface area contributed by atoms with Crippen LogP contribution < -0.4 is 4.90 Å². The smallest absolute Gasteiger partial charge is 0.0476 e. The minimum Gasteiger partial charge on any atom is -0.310 e. The van der Waals surface area contributed by atoms with Crippen LogP contribution in [0.5, 0.6) is 0 Å². The number of para-hydroxylation sites is 1. The molecular formula is C44H29NS. The molecule has 0 bridgehead atoms. The molecule has 0 amide bonds. The lowest BCUT2D eigenvalue weighted by Crippen LogP contribution is -2.09. The quantitative estimate of drug-likeness (QED) is 0.189. The molecule has 0 unspecified atom stereocenters. The van der Waals surface area contributed by atoms with Crippen LogP contribution in [0.15, 0.2) is 176 Å². The number of thiophene rings is 1. The largest absolute Gasteiger partial charge is 0.310 e. The molecule has 46 heavy (non-hydrogen) atoms. The van der Waals surface area contributed by atoms with Crippen LogP contribution in [0.3, 0.4) is 0 Å². The van der Waals surface area contributed by atoms with Gasteiger partial charge >= 0.3 is 0 Å². The van der Waals surface area contributed by atoms with Crippen LogP contribution in [0.2, 0.25) is 0 Å². The standard InChI is InChI=1S/C44H29NS/c1-3-9-30(10-4-1)33-18-15-31-16-19-34(26-36(31)25-33)35-20-17-32-21-22-39(28-37(32)27-35)45(38-11-5-2-6-12-38)40-23-24-42-41-13-7-8-14-43(41)46-44(42)29-40/h1-29H. The van der Waals surface area contributed by atoms with Gasteiger partial charge in [-0.05, 0) is 104 Å². The van der Waals surface area contributed by atoms with E-state index in [1.807, 2.05) is 11.3 Å². The van der Waals surface area contributed by atoms with Crippen molar-refractivity contribution in [1.29, 1.82) is 0 Å². The SMILES string of the molecule is c1ccc(-c2ccc3ccc(-c4ccc5ccc(N(c6ccccc6)c6ccc7c(c6)sc6ccccc67)cc5c4)cc3c2)cc1. The lowest BCUT2D eigenvalue weighted by atomic mass is 9.96. The maximum atomic E-state index is 2.37. The van der Waals surface area contributed by atoms with E-state index in [4.69, 9.17) is 0 Å². The Bertz CT molecular complexity index is 2530. The van der Waals surface area contributed by atoms with Crippen molar-refractivity contribution in [1.82, 2.24) is 0 Å². The Balaban J connectivity index is 1.14. The minimum absolute atomic E-state index is 1.14. The first-order valence-corrected chi connectivity index (χ1v) is 16.5. The number of hydrogen-bond acceptors (Lipinski definition) is 2. The van der Waals surface area contributed by atoms with Gasteiger partial charge in [-0.2, -0.15) is 0 Å². The number of fused-ring (bicyclic) bond motifs is 5. The molecule has 0 aliphatic heterocycles. The predicted octanol–water partition coefficient (Wildman–Crippen LogP) is 13.2. The van der Waals surface area contributed by atoms with Crippen molar-refractivity contribution in [2.45, 2.75) is 0 Å². The normalized spacial score (nSPS) is 11.5. The van der Waals surface area contributed by atoms with E-state index in [9.17, 15) is 0 Å². The van der Waals surface area contributed by atoms with E-state index in [2.05, 4.69) is 181 Å². The van der Waals surface area contributed by atoms with Crippen molar-refractivity contribution in [3.05, 3.63) is 176 Å². The average Bonchev–Trinajstić information content (AvgIpc) is 3.50. The number of hydrogen-bond donors (Lipinski definition) is 0. The fourth-order valence-corrected chi connectivity index (χ4v) is 7.81. The molecule has 0 N–H and O–H groups in total. The summed E-state index contributed by atoms with van der Waals surface area (Å²) in [7, 11) is 0. The third kappa shape index (κ3) is 4.72. The Morgan fingerprint density at radius 2 is 0.826 bits per heavy atom. The first kappa shape index (κ1) is 26.7. The number of anilines is 3. The van der Waals surface area contributed by atoms with Gasteiger partial charge in [-0.1, -0.05) is 115 Å². The van der Waals surface area contributed by atoms with E-state index < -0.39 is 0 Å². The molecule has 0 fully saturated rings. The van der Waals surface area contributed by atoms with Gasteiger partial charge in [0.2, 0.25) is 0 Å². The Hall–Kier alpha value is -5.70. The molecule has 9 aromatic rings. The number of rotatable bonds is 5. The highest BCUT2D eigenvalue weighted by Crippen LogP contribution is 2.41. The van der Waals surface area contributed by atoms with E-state index in [0.717, 1.165) is 17.1 Å². The van der Waals surface area contributed by atoms with Crippen molar-refractivity contribution in [2.24, 2.45) is 0 Å². The summed E-state index contributed by atoms with van der Waals surface area (Å²) in [5.41, 5.74) is 8.36. The van der Waals surface area contributed by atoms with Gasteiger partial charge in [0, 0.05) is 37.2 Å². The monoisotopic (exact) mass is 603 g/mol. The number of benzene rings is 8. The molecular weight excluding hydrogens is 575 g/mol. The van der Waals surface area contributed by atoms with Gasteiger partial charge in [-0.3, -0.25) is 0 Å². The van der Waals surface area contributed by atoms with Crippen LogP contribution in [0.4, 0.5) is 17.1 Å². The second-order valence-corrected chi connectivity index (χ2v) is 12.9. The fraction of sp³-hybridized carbons (Fsp3) is 0. The minimum atomic E-state index is 1.14. The van der Waals surface area contributed by atoms with Crippen LogP contribution in [-0.4, -0.2) is 0 Å². The van der Waals surface area contributed by atoms with Crippen molar-refractivity contribution in [3.63, 3.8) is 0 Å². The summed E-state index contributed by atoms with van der Waals surface area (Å²) in [6, 6.07) is 64.0. The van der Waals surface area contributed by atoms with Crippen LogP contribution in [0.1, 0.15) is 0 Å². The van der Waals surface area contributed by atoms with Gasteiger partial charge < -0.3 is 4.90 Å². The van der Waals surface area contributed by atoms with Crippen molar-refractivity contribution >= 4 is 70.1 Å². The lowest BCUT2D eigenvalue weighted by molar-refractivity contribution is 1.30. The molecule has 1 heterocycles. The Kier molecular flexibility index (Phi) is 6.40. The molecule has 0 spiro atoms. The zero-order valence-corrected chi connectivity index (χ0v) is 25.9. The maximum Gasteiger partial charge on any atom is 0.0476 e. The topological polar surface area (TPSA) is 3.24 Å². The van der Waals surface area contributed by atoms with E-state index in [1.54, 1.807) is 0 Å². The summed E-state index contributed by atoms with van der Waals surface area (Å²) in [6.07, 6.45) is 0.